The van der Waals surface area contributed by atoms with Gasteiger partial charge in [-0.1, -0.05) is 22.0 Å². The second-order valence-corrected chi connectivity index (χ2v) is 6.57. The van der Waals surface area contributed by atoms with Gasteiger partial charge in [-0.25, -0.2) is 0 Å². The number of benzene rings is 1. The van der Waals surface area contributed by atoms with E-state index in [4.69, 9.17) is 0 Å². The molecule has 1 aromatic carbocycles. The van der Waals surface area contributed by atoms with Crippen LogP contribution in [0, 0.1) is 6.92 Å². The summed E-state index contributed by atoms with van der Waals surface area (Å²) in [6, 6.07) is 7.06. The quantitative estimate of drug-likeness (QED) is 0.886. The van der Waals surface area contributed by atoms with Gasteiger partial charge in [-0.05, 0) is 62.9 Å². The van der Waals surface area contributed by atoms with Gasteiger partial charge in [-0.2, -0.15) is 0 Å². The molecular weight excluding hydrogens is 316 g/mol. The van der Waals surface area contributed by atoms with E-state index >= 15 is 0 Å². The molecule has 0 heterocycles. The van der Waals surface area contributed by atoms with Crippen molar-refractivity contribution in [2.24, 2.45) is 0 Å². The molecule has 20 heavy (non-hydrogen) atoms. The third kappa shape index (κ3) is 4.32. The lowest BCUT2D eigenvalue weighted by Gasteiger charge is -2.28. The molecule has 0 saturated heterocycles. The standard InChI is InChI=1S/C16H23BrN2O/c1-11-3-4-13(17)9-12(11)10-16(20)19-15-7-5-14(18-2)6-8-15/h3-4,9,14-15,18H,5-8,10H2,1-2H3,(H,19,20). The molecule has 1 amide bonds. The number of rotatable bonds is 4. The smallest absolute Gasteiger partial charge is 0.224 e. The van der Waals surface area contributed by atoms with Crippen LogP contribution in [0.4, 0.5) is 0 Å². The van der Waals surface area contributed by atoms with Crippen LogP contribution >= 0.6 is 15.9 Å². The summed E-state index contributed by atoms with van der Waals surface area (Å²) >= 11 is 3.46. The number of nitrogens with one attached hydrogen (secondary N) is 2. The van der Waals surface area contributed by atoms with Gasteiger partial charge in [0.05, 0.1) is 6.42 Å². The van der Waals surface area contributed by atoms with Crippen molar-refractivity contribution in [2.75, 3.05) is 7.05 Å². The Morgan fingerprint density at radius 3 is 2.55 bits per heavy atom. The fourth-order valence-electron chi connectivity index (χ4n) is 2.81. The highest BCUT2D eigenvalue weighted by atomic mass is 79.9. The van der Waals surface area contributed by atoms with Gasteiger partial charge in [0.25, 0.3) is 0 Å². The topological polar surface area (TPSA) is 41.1 Å². The predicted octanol–water partition coefficient (Wildman–Crippen LogP) is 2.95. The number of carbonyl (C=O) groups is 1. The van der Waals surface area contributed by atoms with Gasteiger partial charge < -0.3 is 10.6 Å². The molecule has 0 radical (unpaired) electrons. The van der Waals surface area contributed by atoms with Crippen molar-refractivity contribution in [1.29, 1.82) is 0 Å². The first-order chi connectivity index (χ1) is 9.58. The number of aryl methyl sites for hydroxylation is 1. The van der Waals surface area contributed by atoms with Crippen molar-refractivity contribution in [3.63, 3.8) is 0 Å². The first-order valence-electron chi connectivity index (χ1n) is 7.30. The van der Waals surface area contributed by atoms with Crippen LogP contribution in [0.5, 0.6) is 0 Å². The lowest BCUT2D eigenvalue weighted by atomic mass is 9.91. The van der Waals surface area contributed by atoms with Crippen molar-refractivity contribution in [2.45, 2.75) is 51.1 Å². The molecule has 0 aromatic heterocycles. The molecule has 1 aliphatic carbocycles. The van der Waals surface area contributed by atoms with Crippen LogP contribution in [-0.4, -0.2) is 25.0 Å². The van der Waals surface area contributed by atoms with Crippen molar-refractivity contribution < 1.29 is 4.79 Å². The Morgan fingerprint density at radius 2 is 1.90 bits per heavy atom. The largest absolute Gasteiger partial charge is 0.353 e. The molecule has 1 saturated carbocycles. The summed E-state index contributed by atoms with van der Waals surface area (Å²) < 4.78 is 1.03. The maximum absolute atomic E-state index is 12.2. The average Bonchev–Trinajstić information content (AvgIpc) is 2.43. The van der Waals surface area contributed by atoms with Crippen LogP contribution in [0.2, 0.25) is 0 Å². The Morgan fingerprint density at radius 1 is 1.25 bits per heavy atom. The summed E-state index contributed by atoms with van der Waals surface area (Å²) in [5.41, 5.74) is 2.27. The van der Waals surface area contributed by atoms with E-state index in [9.17, 15) is 4.79 Å². The number of halogens is 1. The molecule has 1 aromatic rings. The highest BCUT2D eigenvalue weighted by Gasteiger charge is 2.21. The monoisotopic (exact) mass is 338 g/mol. The maximum atomic E-state index is 12.2. The molecule has 4 heteroatoms. The number of carbonyl (C=O) groups excluding carboxylic acids is 1. The molecule has 1 fully saturated rings. The van der Waals surface area contributed by atoms with E-state index in [-0.39, 0.29) is 5.91 Å². The Hall–Kier alpha value is -0.870. The second kappa shape index (κ2) is 7.23. The van der Waals surface area contributed by atoms with E-state index in [2.05, 4.69) is 26.6 Å². The SMILES string of the molecule is CNC1CCC(NC(=O)Cc2cc(Br)ccc2C)CC1. The lowest BCUT2D eigenvalue weighted by molar-refractivity contribution is -0.121. The molecule has 2 rings (SSSR count). The minimum atomic E-state index is 0.138. The van der Waals surface area contributed by atoms with Gasteiger partial charge in [0, 0.05) is 16.6 Å². The van der Waals surface area contributed by atoms with Crippen LogP contribution in [0.3, 0.4) is 0 Å². The van der Waals surface area contributed by atoms with Gasteiger partial charge in [0.15, 0.2) is 0 Å². The van der Waals surface area contributed by atoms with Crippen LogP contribution in [-0.2, 0) is 11.2 Å². The van der Waals surface area contributed by atoms with Crippen LogP contribution in [0.1, 0.15) is 36.8 Å². The van der Waals surface area contributed by atoms with Crippen LogP contribution < -0.4 is 10.6 Å². The Kier molecular flexibility index (Phi) is 5.61. The molecule has 0 atom stereocenters. The van der Waals surface area contributed by atoms with E-state index in [0.29, 0.717) is 18.5 Å². The minimum absolute atomic E-state index is 0.138. The van der Waals surface area contributed by atoms with E-state index < -0.39 is 0 Å². The molecule has 0 unspecified atom stereocenters. The third-order valence-electron chi connectivity index (χ3n) is 4.16. The van der Waals surface area contributed by atoms with Gasteiger partial charge in [0.2, 0.25) is 5.91 Å². The molecular formula is C16H23BrN2O. The summed E-state index contributed by atoms with van der Waals surface area (Å²) in [5, 5.41) is 6.49. The summed E-state index contributed by atoms with van der Waals surface area (Å²) in [5.74, 6) is 0.138. The van der Waals surface area contributed by atoms with Crippen molar-refractivity contribution >= 4 is 21.8 Å². The third-order valence-corrected chi connectivity index (χ3v) is 4.66. The summed E-state index contributed by atoms with van der Waals surface area (Å²) in [6.45, 7) is 2.05. The lowest BCUT2D eigenvalue weighted by Crippen LogP contribution is -2.41. The fourth-order valence-corrected chi connectivity index (χ4v) is 3.22. The van der Waals surface area contributed by atoms with Crippen LogP contribution in [0.25, 0.3) is 0 Å². The van der Waals surface area contributed by atoms with Gasteiger partial charge >= 0.3 is 0 Å². The number of amides is 1. The summed E-state index contributed by atoms with van der Waals surface area (Å²) in [7, 11) is 2.01. The molecule has 0 bridgehead atoms. The molecule has 2 N–H and O–H groups in total. The fraction of sp³-hybridized carbons (Fsp3) is 0.562. The van der Waals surface area contributed by atoms with Gasteiger partial charge in [0.1, 0.15) is 0 Å². The first kappa shape index (κ1) is 15.5. The molecule has 0 spiro atoms. The van der Waals surface area contributed by atoms with Crippen molar-refractivity contribution in [3.05, 3.63) is 33.8 Å². The predicted molar refractivity (Wildman–Crippen MR) is 85.8 cm³/mol. The maximum Gasteiger partial charge on any atom is 0.224 e. The Labute approximate surface area is 129 Å². The zero-order valence-corrected chi connectivity index (χ0v) is 13.8. The molecule has 3 nitrogen and oxygen atoms in total. The Balaban J connectivity index is 1.85. The zero-order valence-electron chi connectivity index (χ0n) is 12.2. The highest BCUT2D eigenvalue weighted by molar-refractivity contribution is 9.10. The second-order valence-electron chi connectivity index (χ2n) is 5.65. The average molecular weight is 339 g/mol. The molecule has 110 valence electrons. The van der Waals surface area contributed by atoms with Crippen molar-refractivity contribution in [1.82, 2.24) is 10.6 Å². The van der Waals surface area contributed by atoms with Gasteiger partial charge in [-0.3, -0.25) is 4.79 Å². The minimum Gasteiger partial charge on any atom is -0.353 e. The van der Waals surface area contributed by atoms with E-state index in [1.807, 2.05) is 32.2 Å². The first-order valence-corrected chi connectivity index (χ1v) is 8.09. The molecule has 0 aliphatic heterocycles. The summed E-state index contributed by atoms with van der Waals surface area (Å²) in [4.78, 5) is 12.2. The number of hydrogen-bond donors (Lipinski definition) is 2. The zero-order chi connectivity index (χ0) is 14.5. The highest BCUT2D eigenvalue weighted by Crippen LogP contribution is 2.19. The van der Waals surface area contributed by atoms with E-state index in [1.165, 1.54) is 5.56 Å². The van der Waals surface area contributed by atoms with Crippen LogP contribution in [0.15, 0.2) is 22.7 Å². The number of hydrogen-bond acceptors (Lipinski definition) is 2. The van der Waals surface area contributed by atoms with E-state index in [0.717, 1.165) is 35.7 Å². The Bertz CT molecular complexity index is 468. The van der Waals surface area contributed by atoms with E-state index in [1.54, 1.807) is 0 Å². The molecule has 1 aliphatic rings. The normalized spacial score (nSPS) is 22.6. The van der Waals surface area contributed by atoms with Gasteiger partial charge in [-0.15, -0.1) is 0 Å². The van der Waals surface area contributed by atoms with Crippen molar-refractivity contribution in [3.8, 4) is 0 Å². The summed E-state index contributed by atoms with van der Waals surface area (Å²) in [6.07, 6.45) is 4.93.